The molecule has 0 unspecified atom stereocenters. The summed E-state index contributed by atoms with van der Waals surface area (Å²) in [6.45, 7) is 4.26. The van der Waals surface area contributed by atoms with Crippen LogP contribution in [0.25, 0.3) is 38.6 Å². The fourth-order valence-electron chi connectivity index (χ4n) is 8.38. The summed E-state index contributed by atoms with van der Waals surface area (Å²) in [6.07, 6.45) is 8.96. The summed E-state index contributed by atoms with van der Waals surface area (Å²) in [4.78, 5) is 19.1. The lowest BCUT2D eigenvalue weighted by atomic mass is 9.75. The van der Waals surface area contributed by atoms with Gasteiger partial charge < -0.3 is 20.1 Å². The van der Waals surface area contributed by atoms with Crippen LogP contribution in [0.1, 0.15) is 51.0 Å². The van der Waals surface area contributed by atoms with Crippen LogP contribution in [0.5, 0.6) is 11.8 Å². The maximum atomic E-state index is 15.2. The van der Waals surface area contributed by atoms with Gasteiger partial charge in [0, 0.05) is 43.0 Å². The van der Waals surface area contributed by atoms with Gasteiger partial charge in [0.2, 0.25) is 0 Å². The molecule has 3 fully saturated rings. The van der Waals surface area contributed by atoms with E-state index < -0.39 is 6.17 Å². The number of aromatic hydroxyl groups is 1. The Morgan fingerprint density at radius 1 is 1.11 bits per heavy atom. The van der Waals surface area contributed by atoms with E-state index in [2.05, 4.69) is 29.2 Å². The third-order valence-corrected chi connectivity index (χ3v) is 11.1. The smallest absolute Gasteiger partial charge is 0.319 e. The zero-order chi connectivity index (χ0) is 32.5. The number of ether oxygens (including phenoxy) is 1. The monoisotopic (exact) mass is 641 g/mol. The number of nitrogens with zero attached hydrogens (tertiary/aromatic N) is 6. The molecule has 1 aliphatic carbocycles. The molecule has 2 aromatic carbocycles. The molecule has 2 atom stereocenters. The molecule has 2 aliphatic heterocycles. The van der Waals surface area contributed by atoms with Crippen molar-refractivity contribution in [3.8, 4) is 22.9 Å². The average Bonchev–Trinajstić information content (AvgIpc) is 3.73. The van der Waals surface area contributed by atoms with E-state index in [1.165, 1.54) is 12.5 Å². The second-order valence-corrected chi connectivity index (χ2v) is 13.9. The molecule has 0 radical (unpaired) electrons. The Morgan fingerprint density at radius 3 is 2.72 bits per heavy atom. The minimum atomic E-state index is -0.856. The van der Waals surface area contributed by atoms with Gasteiger partial charge in [-0.2, -0.15) is 9.97 Å². The van der Waals surface area contributed by atoms with Crippen molar-refractivity contribution in [3.05, 3.63) is 54.1 Å². The van der Waals surface area contributed by atoms with Crippen molar-refractivity contribution in [3.63, 3.8) is 0 Å². The molecule has 0 spiro atoms. The van der Waals surface area contributed by atoms with Crippen molar-refractivity contribution in [1.29, 1.82) is 0 Å². The molecule has 5 aromatic rings. The third kappa shape index (κ3) is 4.88. The number of likely N-dealkylation sites (N-methyl/N-ethyl adjacent to an activating group) is 1. The van der Waals surface area contributed by atoms with Crippen LogP contribution in [-0.2, 0) is 6.42 Å². The summed E-state index contributed by atoms with van der Waals surface area (Å²) in [6, 6.07) is 8.65. The van der Waals surface area contributed by atoms with Gasteiger partial charge in [0.25, 0.3) is 0 Å². The Balaban J connectivity index is 1.30. The Morgan fingerprint density at radius 2 is 1.96 bits per heavy atom. The van der Waals surface area contributed by atoms with Crippen LogP contribution in [-0.4, -0.2) is 91.8 Å². The largest absolute Gasteiger partial charge is 0.508 e. The lowest BCUT2D eigenvalue weighted by Gasteiger charge is -2.47. The fraction of sp³-hybridized carbons (Fsp3) is 0.472. The quantitative estimate of drug-likeness (QED) is 0.192. The lowest BCUT2D eigenvalue weighted by Crippen LogP contribution is -2.54. The van der Waals surface area contributed by atoms with E-state index in [-0.39, 0.29) is 28.7 Å². The average molecular weight is 642 g/mol. The molecule has 3 aromatic heterocycles. The van der Waals surface area contributed by atoms with E-state index in [1.807, 2.05) is 23.6 Å². The number of hydrogen-bond acceptors (Lipinski definition) is 8. The molecular weight excluding hydrogens is 600 g/mol. The summed E-state index contributed by atoms with van der Waals surface area (Å²) in [5.41, 5.74) is 3.65. The number of rotatable bonds is 9. The van der Waals surface area contributed by atoms with E-state index in [4.69, 9.17) is 19.7 Å². The molecule has 9 nitrogen and oxygen atoms in total. The van der Waals surface area contributed by atoms with Crippen LogP contribution in [0.4, 0.5) is 14.6 Å². The van der Waals surface area contributed by atoms with Gasteiger partial charge in [0.15, 0.2) is 5.82 Å². The summed E-state index contributed by atoms with van der Waals surface area (Å²) in [5.74, 6) is 0.423. The minimum Gasteiger partial charge on any atom is -0.508 e. The maximum absolute atomic E-state index is 15.2. The van der Waals surface area contributed by atoms with E-state index in [9.17, 15) is 9.50 Å². The molecular formula is C36H41F2N7O2. The van der Waals surface area contributed by atoms with Crippen LogP contribution >= 0.6 is 0 Å². The zero-order valence-electron chi connectivity index (χ0n) is 27.2. The topological polar surface area (TPSA) is 91.0 Å². The second-order valence-electron chi connectivity index (χ2n) is 13.9. The molecule has 1 saturated carbocycles. The van der Waals surface area contributed by atoms with Gasteiger partial charge in [-0.05, 0) is 105 Å². The summed E-state index contributed by atoms with van der Waals surface area (Å²) >= 11 is 0. The third-order valence-electron chi connectivity index (χ3n) is 11.1. The zero-order valence-corrected chi connectivity index (χ0v) is 27.2. The van der Waals surface area contributed by atoms with Gasteiger partial charge in [-0.3, -0.25) is 9.30 Å². The van der Waals surface area contributed by atoms with Crippen molar-refractivity contribution in [1.82, 2.24) is 29.2 Å². The first-order valence-corrected chi connectivity index (χ1v) is 16.8. The Hall–Kier alpha value is -4.09. The highest BCUT2D eigenvalue weighted by Gasteiger charge is 2.49. The highest BCUT2D eigenvalue weighted by Crippen LogP contribution is 2.42. The summed E-state index contributed by atoms with van der Waals surface area (Å²) < 4.78 is 38.1. The number of pyridine rings is 1. The number of halogens is 2. The highest BCUT2D eigenvalue weighted by molar-refractivity contribution is 6.05. The van der Waals surface area contributed by atoms with Crippen LogP contribution < -0.4 is 10.1 Å². The molecule has 3 aliphatic rings. The fourth-order valence-corrected chi connectivity index (χ4v) is 8.38. The van der Waals surface area contributed by atoms with Gasteiger partial charge in [-0.25, -0.2) is 13.8 Å². The Bertz CT molecular complexity index is 2010. The van der Waals surface area contributed by atoms with Crippen molar-refractivity contribution in [2.45, 2.75) is 69.1 Å². The normalized spacial score (nSPS) is 22.4. The maximum Gasteiger partial charge on any atom is 0.319 e. The molecule has 2 N–H and O–H groups in total. The minimum absolute atomic E-state index is 0.0245. The number of benzene rings is 2. The predicted molar refractivity (Wildman–Crippen MR) is 180 cm³/mol. The number of alkyl halides is 1. The first-order valence-electron chi connectivity index (χ1n) is 16.8. The van der Waals surface area contributed by atoms with Gasteiger partial charge in [-0.15, -0.1) is 0 Å². The Kier molecular flexibility index (Phi) is 7.25. The van der Waals surface area contributed by atoms with Crippen molar-refractivity contribution < 1.29 is 18.6 Å². The van der Waals surface area contributed by atoms with Crippen molar-refractivity contribution >= 4 is 33.3 Å². The van der Waals surface area contributed by atoms with E-state index >= 15 is 4.39 Å². The number of aryl methyl sites for hydroxylation is 1. The summed E-state index contributed by atoms with van der Waals surface area (Å²) in [5, 5.41) is 15.9. The molecule has 246 valence electrons. The molecule has 2 saturated heterocycles. The lowest BCUT2D eigenvalue weighted by molar-refractivity contribution is 0.0738. The number of phenols is 1. The molecule has 0 amide bonds. The number of anilines is 1. The number of phenolic OH excluding ortho intramolecular Hbond substituents is 1. The molecule has 8 rings (SSSR count). The van der Waals surface area contributed by atoms with Gasteiger partial charge in [0.1, 0.15) is 35.5 Å². The number of hydrogen-bond donors (Lipinski definition) is 2. The van der Waals surface area contributed by atoms with Gasteiger partial charge in [-0.1, -0.05) is 13.0 Å². The van der Waals surface area contributed by atoms with E-state index in [0.29, 0.717) is 66.2 Å². The SMILES string of the molecule is CCc1c(F)ccc2cc(O)cc(-c3cc4nc(OC[C@@]56CCCN5C[C@H](F)C6)nc(NCC5(N(C)C)CCC5)c4n4ccnc34)c12. The first kappa shape index (κ1) is 30.3. The number of aromatic nitrogens is 4. The molecule has 5 heterocycles. The van der Waals surface area contributed by atoms with Gasteiger partial charge >= 0.3 is 6.01 Å². The van der Waals surface area contributed by atoms with Gasteiger partial charge in [0.05, 0.1) is 11.1 Å². The van der Waals surface area contributed by atoms with Crippen LogP contribution in [0, 0.1) is 5.82 Å². The molecule has 47 heavy (non-hydrogen) atoms. The van der Waals surface area contributed by atoms with Crippen molar-refractivity contribution in [2.75, 3.05) is 45.7 Å². The van der Waals surface area contributed by atoms with Crippen molar-refractivity contribution in [2.24, 2.45) is 0 Å². The molecule has 11 heteroatoms. The second kappa shape index (κ2) is 11.3. The first-order chi connectivity index (χ1) is 22.7. The number of fused-ring (bicyclic) bond motifs is 5. The number of nitrogens with one attached hydrogen (secondary N) is 1. The standard InChI is InChI=1S/C36H41F2N7O2/c1-4-25-28(38)8-7-22-15-24(46)16-26(30(22)25)27-17-29-31(45-14-12-39-33(27)45)32(40-20-35(43(2)3)9-5-10-35)42-34(41-29)47-21-36-11-6-13-44(36)19-23(37)18-36/h7-8,12,14-17,23,46H,4-6,9-11,13,18-21H2,1-3H3,(H,40,41,42)/t23-,36+/m1/s1. The predicted octanol–water partition coefficient (Wildman–Crippen LogP) is 6.36. The highest BCUT2D eigenvalue weighted by atomic mass is 19.1. The van der Waals surface area contributed by atoms with Crippen LogP contribution in [0.3, 0.4) is 0 Å². The Labute approximate surface area is 272 Å². The molecule has 0 bridgehead atoms. The summed E-state index contributed by atoms with van der Waals surface area (Å²) in [7, 11) is 4.24. The van der Waals surface area contributed by atoms with E-state index in [1.54, 1.807) is 24.4 Å². The van der Waals surface area contributed by atoms with Crippen LogP contribution in [0.15, 0.2) is 42.7 Å². The van der Waals surface area contributed by atoms with E-state index in [0.717, 1.165) is 48.5 Å². The van der Waals surface area contributed by atoms with Crippen LogP contribution in [0.2, 0.25) is 0 Å². The number of imidazole rings is 1.